The molecule has 0 aromatic heterocycles. The van der Waals surface area contributed by atoms with Crippen molar-refractivity contribution in [2.75, 3.05) is 26.4 Å². The summed E-state index contributed by atoms with van der Waals surface area (Å²) in [4.78, 5) is 0. The van der Waals surface area contributed by atoms with Gasteiger partial charge in [0.05, 0.1) is 13.2 Å². The molecule has 0 aliphatic heterocycles. The lowest BCUT2D eigenvalue weighted by Crippen LogP contribution is -2.49. The molecule has 0 aliphatic carbocycles. The van der Waals surface area contributed by atoms with Gasteiger partial charge in [-0.05, 0) is 19.4 Å². The maximum absolute atomic E-state index is 8.92. The summed E-state index contributed by atoms with van der Waals surface area (Å²) in [7, 11) is -2.72. The van der Waals surface area contributed by atoms with Crippen LogP contribution in [0, 0.1) is 0 Å². The zero-order valence-electron chi connectivity index (χ0n) is 11.1. The molecule has 0 atom stereocenters. The molecular formula is C13H22O4Si. The van der Waals surface area contributed by atoms with Crippen molar-refractivity contribution in [3.05, 3.63) is 35.9 Å². The van der Waals surface area contributed by atoms with Crippen LogP contribution in [0.1, 0.15) is 19.4 Å². The average Bonchev–Trinajstić information content (AvgIpc) is 2.38. The Bertz CT molecular complexity index is 312. The first-order valence-electron chi connectivity index (χ1n) is 6.33. The van der Waals surface area contributed by atoms with Crippen LogP contribution in [0.4, 0.5) is 0 Å². The molecule has 18 heavy (non-hydrogen) atoms. The second-order valence-corrected chi connectivity index (χ2v) is 6.37. The van der Waals surface area contributed by atoms with E-state index in [0.717, 1.165) is 5.56 Å². The highest BCUT2D eigenvalue weighted by Crippen LogP contribution is 2.17. The van der Waals surface area contributed by atoms with Gasteiger partial charge in [0.2, 0.25) is 0 Å². The van der Waals surface area contributed by atoms with Crippen molar-refractivity contribution in [1.29, 1.82) is 0 Å². The van der Waals surface area contributed by atoms with Crippen LogP contribution in [-0.2, 0) is 19.3 Å². The third kappa shape index (κ3) is 4.87. The van der Waals surface area contributed by atoms with Gasteiger partial charge in [0.25, 0.3) is 0 Å². The topological polar surface area (TPSA) is 47.9 Å². The van der Waals surface area contributed by atoms with Gasteiger partial charge in [-0.25, -0.2) is 0 Å². The van der Waals surface area contributed by atoms with Crippen molar-refractivity contribution in [3.8, 4) is 0 Å². The molecule has 0 fully saturated rings. The van der Waals surface area contributed by atoms with E-state index < -0.39 is 8.80 Å². The summed E-state index contributed by atoms with van der Waals surface area (Å²) in [5.74, 6) is 0. The lowest BCUT2D eigenvalue weighted by atomic mass is 10.2. The summed E-state index contributed by atoms with van der Waals surface area (Å²) in [6.45, 7) is 5.17. The Balaban J connectivity index is 2.79. The third-order valence-electron chi connectivity index (χ3n) is 2.41. The minimum Gasteiger partial charge on any atom is -0.394 e. The Morgan fingerprint density at radius 1 is 1.00 bits per heavy atom. The number of hydrogen-bond acceptors (Lipinski definition) is 4. The van der Waals surface area contributed by atoms with Gasteiger partial charge in [0.1, 0.15) is 0 Å². The zero-order chi connectivity index (χ0) is 13.3. The van der Waals surface area contributed by atoms with Crippen molar-refractivity contribution in [2.45, 2.75) is 19.9 Å². The molecule has 1 aromatic carbocycles. The number of benzene rings is 1. The number of aliphatic hydroxyl groups is 1. The van der Waals surface area contributed by atoms with Gasteiger partial charge >= 0.3 is 8.80 Å². The van der Waals surface area contributed by atoms with E-state index in [9.17, 15) is 0 Å². The first kappa shape index (κ1) is 15.3. The van der Waals surface area contributed by atoms with Gasteiger partial charge in [-0.3, -0.25) is 0 Å². The predicted octanol–water partition coefficient (Wildman–Crippen LogP) is 1.79. The Morgan fingerprint density at radius 3 is 2.11 bits per heavy atom. The quantitative estimate of drug-likeness (QED) is 0.695. The van der Waals surface area contributed by atoms with Gasteiger partial charge in [-0.15, -0.1) is 0 Å². The maximum Gasteiger partial charge on any atom is 0.505 e. The highest BCUT2D eigenvalue weighted by Gasteiger charge is 2.40. The van der Waals surface area contributed by atoms with E-state index in [0.29, 0.717) is 19.3 Å². The van der Waals surface area contributed by atoms with Gasteiger partial charge in [-0.1, -0.05) is 30.3 Å². The molecule has 0 saturated carbocycles. The average molecular weight is 270 g/mol. The first-order chi connectivity index (χ1) is 8.76. The van der Waals surface area contributed by atoms with Gasteiger partial charge < -0.3 is 18.4 Å². The monoisotopic (exact) mass is 270 g/mol. The van der Waals surface area contributed by atoms with E-state index in [1.54, 1.807) is 0 Å². The van der Waals surface area contributed by atoms with Crippen molar-refractivity contribution in [2.24, 2.45) is 0 Å². The third-order valence-corrected chi connectivity index (χ3v) is 5.35. The maximum atomic E-state index is 8.92. The number of aliphatic hydroxyl groups excluding tert-OH is 1. The fraction of sp³-hybridized carbons (Fsp3) is 0.538. The van der Waals surface area contributed by atoms with Crippen LogP contribution in [-0.4, -0.2) is 40.3 Å². The molecule has 5 heteroatoms. The molecule has 1 aromatic rings. The molecule has 0 amide bonds. The molecule has 1 rings (SSSR count). The number of hydrogen-bond donors (Lipinski definition) is 1. The zero-order valence-corrected chi connectivity index (χ0v) is 12.1. The largest absolute Gasteiger partial charge is 0.505 e. The first-order valence-corrected chi connectivity index (χ1v) is 8.26. The summed E-state index contributed by atoms with van der Waals surface area (Å²) in [5.41, 5.74) is 1.13. The Hall–Kier alpha value is -0.723. The summed E-state index contributed by atoms with van der Waals surface area (Å²) >= 11 is 0. The molecule has 0 bridgehead atoms. The van der Waals surface area contributed by atoms with E-state index in [2.05, 4.69) is 0 Å². The minimum absolute atomic E-state index is 0.0241. The van der Waals surface area contributed by atoms with Gasteiger partial charge in [-0.2, -0.15) is 0 Å². The predicted molar refractivity (Wildman–Crippen MR) is 72.2 cm³/mol. The number of rotatable bonds is 9. The molecule has 0 spiro atoms. The van der Waals surface area contributed by atoms with Crippen LogP contribution in [0.15, 0.2) is 30.3 Å². The minimum atomic E-state index is -2.72. The van der Waals surface area contributed by atoms with Crippen LogP contribution in [0.25, 0.3) is 0 Å². The highest BCUT2D eigenvalue weighted by molar-refractivity contribution is 6.60. The van der Waals surface area contributed by atoms with Crippen LogP contribution >= 0.6 is 0 Å². The van der Waals surface area contributed by atoms with Crippen molar-refractivity contribution < 1.29 is 18.4 Å². The van der Waals surface area contributed by atoms with E-state index in [1.165, 1.54) is 0 Å². The molecule has 0 aliphatic rings. The SMILES string of the molecule is CCO[Si](Cc1ccccc1)(OCC)OCCO. The molecule has 0 unspecified atom stereocenters. The Kier molecular flexibility index (Phi) is 7.15. The van der Waals surface area contributed by atoms with Crippen molar-refractivity contribution in [1.82, 2.24) is 0 Å². The van der Waals surface area contributed by atoms with Crippen LogP contribution < -0.4 is 0 Å². The fourth-order valence-electron chi connectivity index (χ4n) is 1.76. The second kappa shape index (κ2) is 8.39. The Morgan fingerprint density at radius 2 is 1.61 bits per heavy atom. The van der Waals surface area contributed by atoms with E-state index >= 15 is 0 Å². The lowest BCUT2D eigenvalue weighted by Gasteiger charge is -2.28. The van der Waals surface area contributed by atoms with Crippen LogP contribution in [0.2, 0.25) is 0 Å². The normalized spacial score (nSPS) is 11.7. The lowest BCUT2D eigenvalue weighted by molar-refractivity contribution is 0.0525. The molecule has 0 saturated heterocycles. The summed E-state index contributed by atoms with van der Waals surface area (Å²) < 4.78 is 17.2. The molecular weight excluding hydrogens is 248 g/mol. The Labute approximate surface area is 110 Å². The summed E-state index contributed by atoms with van der Waals surface area (Å²) in [6, 6.07) is 10.6. The summed E-state index contributed by atoms with van der Waals surface area (Å²) in [5, 5.41) is 8.92. The molecule has 0 radical (unpaired) electrons. The highest BCUT2D eigenvalue weighted by atomic mass is 28.4. The van der Waals surface area contributed by atoms with E-state index in [4.69, 9.17) is 18.4 Å². The molecule has 4 nitrogen and oxygen atoms in total. The molecule has 102 valence electrons. The fourth-order valence-corrected chi connectivity index (χ4v) is 4.34. The van der Waals surface area contributed by atoms with Gasteiger partial charge in [0, 0.05) is 19.3 Å². The molecule has 1 N–H and O–H groups in total. The smallest absolute Gasteiger partial charge is 0.394 e. The summed E-state index contributed by atoms with van der Waals surface area (Å²) in [6.07, 6.45) is 0. The van der Waals surface area contributed by atoms with Crippen molar-refractivity contribution >= 4 is 8.80 Å². The van der Waals surface area contributed by atoms with E-state index in [-0.39, 0.29) is 13.2 Å². The van der Waals surface area contributed by atoms with E-state index in [1.807, 2.05) is 44.2 Å². The molecule has 0 heterocycles. The second-order valence-electron chi connectivity index (χ2n) is 3.78. The van der Waals surface area contributed by atoms with Gasteiger partial charge in [0.15, 0.2) is 0 Å². The van der Waals surface area contributed by atoms with Crippen LogP contribution in [0.3, 0.4) is 0 Å². The van der Waals surface area contributed by atoms with Crippen molar-refractivity contribution in [3.63, 3.8) is 0 Å². The standard InChI is InChI=1S/C13H22O4Si/c1-3-15-18(16-4-2,17-11-10-14)12-13-8-6-5-7-9-13/h5-9,14H,3-4,10-12H2,1-2H3. The van der Waals surface area contributed by atoms with Crippen LogP contribution in [0.5, 0.6) is 0 Å².